The van der Waals surface area contributed by atoms with Gasteiger partial charge in [-0.2, -0.15) is 33.0 Å². The van der Waals surface area contributed by atoms with Gasteiger partial charge in [0.05, 0.1) is 17.8 Å². The van der Waals surface area contributed by atoms with E-state index in [1.807, 2.05) is 0 Å². The Hall–Kier alpha value is -3.97. The molecule has 3 N–H and O–H groups in total. The number of hydrogen-bond donors (Lipinski definition) is 3. The summed E-state index contributed by atoms with van der Waals surface area (Å²) in [7, 11) is 0. The maximum atomic E-state index is 15.6. The van der Waals surface area contributed by atoms with E-state index < -0.39 is 23.7 Å². The van der Waals surface area contributed by atoms with Crippen LogP contribution in [0.15, 0.2) is 30.6 Å². The summed E-state index contributed by atoms with van der Waals surface area (Å²) in [6.45, 7) is 1.15. The lowest BCUT2D eigenvalue weighted by Gasteiger charge is -2.29. The molecule has 0 atom stereocenters. The van der Waals surface area contributed by atoms with E-state index in [1.165, 1.54) is 23.4 Å². The van der Waals surface area contributed by atoms with Gasteiger partial charge in [-0.15, -0.1) is 0 Å². The van der Waals surface area contributed by atoms with Crippen LogP contribution in [0.25, 0.3) is 0 Å². The Morgan fingerprint density at radius 3 is 2.45 bits per heavy atom. The molecule has 10 nitrogen and oxygen atoms in total. The number of halogens is 4. The third-order valence-electron chi connectivity index (χ3n) is 6.89. The van der Waals surface area contributed by atoms with Gasteiger partial charge in [0.25, 0.3) is 0 Å². The van der Waals surface area contributed by atoms with Crippen molar-refractivity contribution in [2.75, 3.05) is 23.3 Å². The summed E-state index contributed by atoms with van der Waals surface area (Å²) >= 11 is 0. The summed E-state index contributed by atoms with van der Waals surface area (Å²) in [6, 6.07) is 4.86. The van der Waals surface area contributed by atoms with Crippen LogP contribution in [0.2, 0.25) is 0 Å². The van der Waals surface area contributed by atoms with E-state index >= 15 is 4.39 Å². The maximum absolute atomic E-state index is 15.6. The molecule has 1 saturated carbocycles. The van der Waals surface area contributed by atoms with E-state index in [0.717, 1.165) is 25.0 Å². The number of nitrogens with one attached hydrogen (secondary N) is 2. The number of aromatic amines is 1. The topological polar surface area (TPSA) is 123 Å². The second-order valence-electron chi connectivity index (χ2n) is 9.47. The van der Waals surface area contributed by atoms with E-state index in [0.29, 0.717) is 42.9 Å². The van der Waals surface area contributed by atoms with Crippen molar-refractivity contribution in [3.8, 4) is 0 Å². The van der Waals surface area contributed by atoms with E-state index in [1.54, 1.807) is 4.90 Å². The second-order valence-corrected chi connectivity index (χ2v) is 9.47. The molecular weight excluding hydrogens is 508 g/mol. The molecule has 2 aliphatic rings. The van der Waals surface area contributed by atoms with Crippen molar-refractivity contribution in [2.24, 2.45) is 0 Å². The predicted molar refractivity (Wildman–Crippen MR) is 128 cm³/mol. The molecule has 5 rings (SSSR count). The largest absolute Gasteiger partial charge is 0.465 e. The highest BCUT2D eigenvalue weighted by Crippen LogP contribution is 2.36. The zero-order valence-electron chi connectivity index (χ0n) is 20.2. The fourth-order valence-corrected chi connectivity index (χ4v) is 4.67. The number of amides is 1. The number of piperidine rings is 1. The van der Waals surface area contributed by atoms with Gasteiger partial charge in [0.1, 0.15) is 12.0 Å². The molecular formula is C24H26F4N8O2. The molecule has 1 saturated heterocycles. The molecule has 0 bridgehead atoms. The van der Waals surface area contributed by atoms with Gasteiger partial charge in [-0.05, 0) is 43.4 Å². The zero-order valence-corrected chi connectivity index (χ0v) is 20.2. The fraction of sp³-hybridized carbons (Fsp3) is 0.458. The molecule has 2 aromatic heterocycles. The molecule has 0 spiro atoms. The van der Waals surface area contributed by atoms with Crippen LogP contribution in [0.3, 0.4) is 0 Å². The summed E-state index contributed by atoms with van der Waals surface area (Å²) < 4.78 is 54.3. The number of aromatic nitrogens is 5. The molecule has 0 radical (unpaired) electrons. The minimum atomic E-state index is -4.42. The number of carbonyl (C=O) groups is 1. The molecule has 1 aromatic carbocycles. The number of benzene rings is 1. The molecule has 38 heavy (non-hydrogen) atoms. The van der Waals surface area contributed by atoms with Crippen molar-refractivity contribution < 1.29 is 27.5 Å². The van der Waals surface area contributed by atoms with Gasteiger partial charge in [0.2, 0.25) is 5.82 Å². The van der Waals surface area contributed by atoms with Crippen LogP contribution >= 0.6 is 0 Å². The van der Waals surface area contributed by atoms with E-state index in [4.69, 9.17) is 5.11 Å². The van der Waals surface area contributed by atoms with Gasteiger partial charge in [0.15, 0.2) is 11.6 Å². The lowest BCUT2D eigenvalue weighted by Crippen LogP contribution is -2.37. The Balaban J connectivity index is 1.28. The number of nitrogens with zero attached hydrogens (tertiary/aromatic N) is 6. The first kappa shape index (κ1) is 25.7. The third-order valence-corrected chi connectivity index (χ3v) is 6.89. The first-order chi connectivity index (χ1) is 18.2. The molecule has 2 fully saturated rings. The van der Waals surface area contributed by atoms with E-state index in [9.17, 15) is 18.0 Å². The molecule has 1 amide bonds. The molecule has 3 aromatic rings. The number of likely N-dealkylation sites (tertiary alicyclic amines) is 1. The van der Waals surface area contributed by atoms with Crippen LogP contribution in [0, 0.1) is 5.82 Å². The quantitative estimate of drug-likeness (QED) is 0.364. The lowest BCUT2D eigenvalue weighted by atomic mass is 9.92. The maximum Gasteiger partial charge on any atom is 0.416 e. The van der Waals surface area contributed by atoms with Crippen LogP contribution < -0.4 is 10.2 Å². The smallest absolute Gasteiger partial charge is 0.416 e. The zero-order chi connectivity index (χ0) is 26.9. The Kier molecular flexibility index (Phi) is 7.04. The normalized spacial score (nSPS) is 16.5. The van der Waals surface area contributed by atoms with Crippen LogP contribution in [0.4, 0.5) is 34.0 Å². The van der Waals surface area contributed by atoms with Crippen molar-refractivity contribution in [1.82, 2.24) is 30.3 Å². The number of alkyl halides is 3. The highest BCUT2D eigenvalue weighted by Gasteiger charge is 2.34. The van der Waals surface area contributed by atoms with Gasteiger partial charge in [-0.3, -0.25) is 0 Å². The molecule has 14 heteroatoms. The fourth-order valence-electron chi connectivity index (χ4n) is 4.67. The molecule has 202 valence electrons. The Labute approximate surface area is 215 Å². The lowest BCUT2D eigenvalue weighted by molar-refractivity contribution is -0.137. The van der Waals surface area contributed by atoms with Gasteiger partial charge in [0, 0.05) is 31.6 Å². The second kappa shape index (κ2) is 10.4. The highest BCUT2D eigenvalue weighted by molar-refractivity contribution is 5.65. The average molecular weight is 535 g/mol. The summed E-state index contributed by atoms with van der Waals surface area (Å²) in [4.78, 5) is 22.5. The summed E-state index contributed by atoms with van der Waals surface area (Å²) in [5.41, 5.74) is 1.17. The molecule has 1 aliphatic carbocycles. The number of anilines is 2. The summed E-state index contributed by atoms with van der Waals surface area (Å²) in [6.07, 6.45) is -1.25. The Bertz CT molecular complexity index is 1270. The first-order valence-corrected chi connectivity index (χ1v) is 12.2. The van der Waals surface area contributed by atoms with Crippen LogP contribution in [0.1, 0.15) is 54.1 Å². The van der Waals surface area contributed by atoms with Crippen molar-refractivity contribution in [2.45, 2.75) is 56.9 Å². The monoisotopic (exact) mass is 534 g/mol. The van der Waals surface area contributed by atoms with Crippen molar-refractivity contribution in [3.63, 3.8) is 0 Å². The predicted octanol–water partition coefficient (Wildman–Crippen LogP) is 4.39. The summed E-state index contributed by atoms with van der Waals surface area (Å²) in [5, 5.41) is 23.1. The average Bonchev–Trinajstić information content (AvgIpc) is 3.63. The number of carboxylic acid groups (broad SMARTS) is 1. The van der Waals surface area contributed by atoms with Gasteiger partial charge < -0.3 is 20.2 Å². The molecule has 1 aliphatic heterocycles. The van der Waals surface area contributed by atoms with Gasteiger partial charge in [-0.25, -0.2) is 14.8 Å². The minimum absolute atomic E-state index is 0.0253. The van der Waals surface area contributed by atoms with Crippen LogP contribution in [0.5, 0.6) is 0 Å². The third kappa shape index (κ3) is 5.63. The molecule has 3 heterocycles. The van der Waals surface area contributed by atoms with Gasteiger partial charge in [-0.1, -0.05) is 12.1 Å². The van der Waals surface area contributed by atoms with E-state index in [2.05, 4.69) is 30.7 Å². The first-order valence-electron chi connectivity index (χ1n) is 12.2. The van der Waals surface area contributed by atoms with Crippen molar-refractivity contribution in [3.05, 3.63) is 58.9 Å². The highest BCUT2D eigenvalue weighted by atomic mass is 19.4. The number of hydrogen-bond acceptors (Lipinski definition) is 7. The Morgan fingerprint density at radius 2 is 1.82 bits per heavy atom. The standard InChI is InChI=1S/C24H26F4N8O2/c25-19-21(29-11-18-20(33-34-32-18)15-7-9-35(10-8-15)23(37)38)30-13-31-22(19)36(17-5-6-17)12-14-1-3-16(4-2-14)24(26,27)28/h1-4,13,15,17H,5-12H2,(H,37,38)(H,29,30,31)(H,32,33,34). The molecule has 0 unspecified atom stereocenters. The van der Waals surface area contributed by atoms with Crippen molar-refractivity contribution in [1.29, 1.82) is 0 Å². The number of H-pyrrole nitrogens is 1. The number of rotatable bonds is 8. The van der Waals surface area contributed by atoms with Crippen molar-refractivity contribution >= 4 is 17.7 Å². The van der Waals surface area contributed by atoms with Crippen LogP contribution in [-0.2, 0) is 19.3 Å². The summed E-state index contributed by atoms with van der Waals surface area (Å²) in [5.74, 6) is -0.582. The Morgan fingerprint density at radius 1 is 1.11 bits per heavy atom. The van der Waals surface area contributed by atoms with Gasteiger partial charge >= 0.3 is 12.3 Å². The minimum Gasteiger partial charge on any atom is -0.465 e. The van der Waals surface area contributed by atoms with Crippen LogP contribution in [-0.4, -0.2) is 60.6 Å². The SMILES string of the molecule is O=C(O)N1CCC(c2n[nH]nc2CNc2ncnc(N(Cc3ccc(C(F)(F)F)cc3)C3CC3)c2F)CC1. The van der Waals surface area contributed by atoms with E-state index in [-0.39, 0.29) is 36.7 Å².